The number of aliphatic carboxylic acids is 1. The lowest BCUT2D eigenvalue weighted by atomic mass is 9.91. The predicted octanol–water partition coefficient (Wildman–Crippen LogP) is 5.08. The van der Waals surface area contributed by atoms with Gasteiger partial charge in [0, 0.05) is 49.5 Å². The normalized spacial score (nSPS) is 17.4. The number of hydrogen-bond acceptors (Lipinski definition) is 7. The summed E-state index contributed by atoms with van der Waals surface area (Å²) in [6.45, 7) is 10.1. The minimum Gasteiger partial charge on any atom is -0.494 e. The summed E-state index contributed by atoms with van der Waals surface area (Å²) in [5.74, 6) is -0.563. The lowest BCUT2D eigenvalue weighted by Crippen LogP contribution is -2.61. The third kappa shape index (κ3) is 5.40. The fourth-order valence-corrected chi connectivity index (χ4v) is 5.79. The molecule has 1 amide bonds. The molecule has 9 nitrogen and oxygen atoms in total. The van der Waals surface area contributed by atoms with Gasteiger partial charge in [0.1, 0.15) is 11.6 Å². The Hall–Kier alpha value is -3.92. The first-order valence-electron chi connectivity index (χ1n) is 13.4. The van der Waals surface area contributed by atoms with Gasteiger partial charge < -0.3 is 24.5 Å². The van der Waals surface area contributed by atoms with Crippen molar-refractivity contribution in [3.8, 4) is 5.75 Å². The Bertz CT molecular complexity index is 1510. The van der Waals surface area contributed by atoms with Crippen LogP contribution in [0, 0.1) is 5.82 Å². The third-order valence-electron chi connectivity index (χ3n) is 7.73. The van der Waals surface area contributed by atoms with Gasteiger partial charge in [0.25, 0.3) is 5.91 Å². The van der Waals surface area contributed by atoms with Crippen molar-refractivity contribution in [2.24, 2.45) is 0 Å². The number of methoxy groups -OCH3 is 1. The zero-order chi connectivity index (χ0) is 29.7. The fraction of sp³-hybridized carbons (Fsp3) is 0.400. The van der Waals surface area contributed by atoms with Gasteiger partial charge >= 0.3 is 5.97 Å². The standard InChI is InChI=1S/C30H33ClFN5O4/c1-29(2)16-36(19-7-8-20(31)21(32)13-19)22-14-23(41-5)26(34-27(22)29)28(40)37-11-10-35(17-30(37,3)4)24-9-6-18(15-33-24)12-25(38)39/h6-9,13-15H,10-12,16-17H2,1-5H3,(H,38,39). The van der Waals surface area contributed by atoms with Crippen LogP contribution in [0.3, 0.4) is 0 Å². The highest BCUT2D eigenvalue weighted by atomic mass is 35.5. The maximum absolute atomic E-state index is 14.3. The first-order chi connectivity index (χ1) is 19.3. The predicted molar refractivity (Wildman–Crippen MR) is 155 cm³/mol. The summed E-state index contributed by atoms with van der Waals surface area (Å²) in [5.41, 5.74) is 2.02. The van der Waals surface area contributed by atoms with Crippen LogP contribution >= 0.6 is 11.6 Å². The van der Waals surface area contributed by atoms with E-state index in [9.17, 15) is 14.0 Å². The van der Waals surface area contributed by atoms with Crippen molar-refractivity contribution in [1.29, 1.82) is 0 Å². The van der Waals surface area contributed by atoms with Crippen molar-refractivity contribution < 1.29 is 23.8 Å². The van der Waals surface area contributed by atoms with E-state index in [2.05, 4.69) is 9.88 Å². The Balaban J connectivity index is 1.42. The van der Waals surface area contributed by atoms with Gasteiger partial charge in [-0.15, -0.1) is 0 Å². The summed E-state index contributed by atoms with van der Waals surface area (Å²) in [4.78, 5) is 40.3. The van der Waals surface area contributed by atoms with E-state index in [1.165, 1.54) is 19.2 Å². The highest BCUT2D eigenvalue weighted by Gasteiger charge is 2.42. The molecule has 0 radical (unpaired) electrons. The fourth-order valence-electron chi connectivity index (χ4n) is 5.67. The van der Waals surface area contributed by atoms with Crippen LogP contribution < -0.4 is 14.5 Å². The van der Waals surface area contributed by atoms with Crippen molar-refractivity contribution in [2.75, 3.05) is 43.1 Å². The molecule has 1 fully saturated rings. The Morgan fingerprint density at radius 3 is 2.46 bits per heavy atom. The van der Waals surface area contributed by atoms with Crippen molar-refractivity contribution in [2.45, 2.75) is 45.1 Å². The Labute approximate surface area is 243 Å². The van der Waals surface area contributed by atoms with E-state index in [0.29, 0.717) is 43.2 Å². The number of ether oxygens (including phenoxy) is 1. The summed E-state index contributed by atoms with van der Waals surface area (Å²) >= 11 is 5.92. The molecule has 1 aromatic carbocycles. The van der Waals surface area contributed by atoms with Crippen molar-refractivity contribution >= 4 is 40.7 Å². The van der Waals surface area contributed by atoms with Crippen LogP contribution in [0.5, 0.6) is 5.75 Å². The molecule has 0 atom stereocenters. The number of hydrogen-bond donors (Lipinski definition) is 1. The molecule has 0 spiro atoms. The smallest absolute Gasteiger partial charge is 0.307 e. The lowest BCUT2D eigenvalue weighted by molar-refractivity contribution is -0.136. The molecular formula is C30H33ClFN5O4. The van der Waals surface area contributed by atoms with Gasteiger partial charge in [0.2, 0.25) is 0 Å². The van der Waals surface area contributed by atoms with Gasteiger partial charge in [-0.25, -0.2) is 14.4 Å². The number of amides is 1. The monoisotopic (exact) mass is 581 g/mol. The van der Waals surface area contributed by atoms with Crippen LogP contribution in [0.2, 0.25) is 5.02 Å². The molecule has 1 saturated heterocycles. The second-order valence-electron chi connectivity index (χ2n) is 11.8. The Kier molecular flexibility index (Phi) is 7.31. The highest BCUT2D eigenvalue weighted by Crippen LogP contribution is 2.46. The SMILES string of the molecule is COc1cc2c(nc1C(=O)N1CCN(c3ccc(CC(=O)O)cn3)CC1(C)C)C(C)(C)CN2c1ccc(Cl)c(F)c1. The molecule has 4 heterocycles. The largest absolute Gasteiger partial charge is 0.494 e. The van der Waals surface area contributed by atoms with Gasteiger partial charge in [-0.3, -0.25) is 9.59 Å². The van der Waals surface area contributed by atoms with E-state index in [4.69, 9.17) is 26.4 Å². The zero-order valence-corrected chi connectivity index (χ0v) is 24.5. The number of fused-ring (bicyclic) bond motifs is 1. The van der Waals surface area contributed by atoms with Crippen molar-refractivity contribution in [1.82, 2.24) is 14.9 Å². The Morgan fingerprint density at radius 1 is 1.10 bits per heavy atom. The maximum atomic E-state index is 14.3. The van der Waals surface area contributed by atoms with Gasteiger partial charge in [-0.05, 0) is 43.7 Å². The van der Waals surface area contributed by atoms with Crippen molar-refractivity contribution in [3.63, 3.8) is 0 Å². The number of nitrogens with zero attached hydrogens (tertiary/aromatic N) is 5. The first-order valence-corrected chi connectivity index (χ1v) is 13.7. The number of carbonyl (C=O) groups excluding carboxylic acids is 1. The number of benzene rings is 1. The van der Waals surface area contributed by atoms with Crippen LogP contribution in [-0.2, 0) is 16.6 Å². The summed E-state index contributed by atoms with van der Waals surface area (Å²) in [5, 5.41) is 9.07. The molecule has 1 N–H and O–H groups in total. The van der Waals surface area contributed by atoms with Crippen LogP contribution in [0.4, 0.5) is 21.6 Å². The molecule has 0 saturated carbocycles. The molecule has 41 heavy (non-hydrogen) atoms. The van der Waals surface area contributed by atoms with Gasteiger partial charge in [-0.1, -0.05) is 31.5 Å². The second-order valence-corrected chi connectivity index (χ2v) is 12.2. The highest BCUT2D eigenvalue weighted by molar-refractivity contribution is 6.30. The minimum atomic E-state index is -0.904. The number of piperazine rings is 1. The minimum absolute atomic E-state index is 0.0535. The van der Waals surface area contributed by atoms with E-state index in [1.54, 1.807) is 18.3 Å². The third-order valence-corrected chi connectivity index (χ3v) is 8.03. The molecule has 0 aliphatic carbocycles. The van der Waals surface area contributed by atoms with Crippen LogP contribution in [0.25, 0.3) is 0 Å². The van der Waals surface area contributed by atoms with Crippen LogP contribution in [0.1, 0.15) is 49.4 Å². The van der Waals surface area contributed by atoms with Gasteiger partial charge in [-0.2, -0.15) is 0 Å². The topological polar surface area (TPSA) is 99.1 Å². The molecule has 0 unspecified atom stereocenters. The molecule has 216 valence electrons. The Morgan fingerprint density at radius 2 is 1.85 bits per heavy atom. The van der Waals surface area contributed by atoms with Crippen LogP contribution in [-0.4, -0.2) is 70.7 Å². The van der Waals surface area contributed by atoms with Crippen molar-refractivity contribution in [3.05, 3.63) is 70.4 Å². The number of pyridine rings is 2. The molecule has 2 aliphatic heterocycles. The summed E-state index contributed by atoms with van der Waals surface area (Å²) in [6, 6.07) is 10.1. The summed E-state index contributed by atoms with van der Waals surface area (Å²) in [6.07, 6.45) is 1.50. The average molecular weight is 582 g/mol. The number of anilines is 3. The zero-order valence-electron chi connectivity index (χ0n) is 23.7. The van der Waals surface area contributed by atoms with E-state index in [1.807, 2.05) is 49.6 Å². The van der Waals surface area contributed by atoms with E-state index in [-0.39, 0.29) is 23.0 Å². The number of carbonyl (C=O) groups is 2. The van der Waals surface area contributed by atoms with E-state index in [0.717, 1.165) is 17.2 Å². The van der Waals surface area contributed by atoms with Crippen LogP contribution in [0.15, 0.2) is 42.6 Å². The number of carboxylic acids is 1. The molecular weight excluding hydrogens is 549 g/mol. The molecule has 11 heteroatoms. The van der Waals surface area contributed by atoms with Gasteiger partial charge in [0.15, 0.2) is 11.4 Å². The average Bonchev–Trinajstić information content (AvgIpc) is 3.18. The quantitative estimate of drug-likeness (QED) is 0.430. The number of aromatic nitrogens is 2. The molecule has 2 aromatic heterocycles. The van der Waals surface area contributed by atoms with Gasteiger partial charge in [0.05, 0.1) is 35.5 Å². The molecule has 0 bridgehead atoms. The van der Waals surface area contributed by atoms with E-state index < -0.39 is 22.7 Å². The summed E-state index contributed by atoms with van der Waals surface area (Å²) < 4.78 is 20.0. The molecule has 3 aromatic rings. The molecule has 2 aliphatic rings. The summed E-state index contributed by atoms with van der Waals surface area (Å²) in [7, 11) is 1.51. The lowest BCUT2D eigenvalue weighted by Gasteiger charge is -2.47. The maximum Gasteiger partial charge on any atom is 0.307 e. The second kappa shape index (κ2) is 10.5. The number of halogens is 2. The molecule has 5 rings (SSSR count). The number of carboxylic acid groups (broad SMARTS) is 1. The number of rotatable bonds is 6. The van der Waals surface area contributed by atoms with E-state index >= 15 is 0 Å². The first kappa shape index (κ1) is 28.6.